The maximum Gasteiger partial charge on any atom is 0.132 e. The number of anilines is 3. The van der Waals surface area contributed by atoms with Crippen LogP contribution in [0.4, 0.5) is 17.1 Å². The second-order valence-electron chi connectivity index (χ2n) is 22.3. The zero-order valence-electron chi connectivity index (χ0n) is 36.3. The summed E-state index contributed by atoms with van der Waals surface area (Å²) in [7, 11) is 0. The molecule has 4 saturated carbocycles. The normalized spacial score (nSPS) is 28.5. The van der Waals surface area contributed by atoms with Crippen LogP contribution >= 0.6 is 0 Å². The van der Waals surface area contributed by atoms with Gasteiger partial charge in [0.1, 0.15) is 11.5 Å². The van der Waals surface area contributed by atoms with Gasteiger partial charge in [-0.2, -0.15) is 0 Å². The number of hydrogen-bond acceptors (Lipinski definition) is 2. The van der Waals surface area contributed by atoms with Gasteiger partial charge in [0.15, 0.2) is 0 Å². The van der Waals surface area contributed by atoms with Crippen LogP contribution < -0.4 is 9.64 Å². The van der Waals surface area contributed by atoms with Crippen molar-refractivity contribution in [2.45, 2.75) is 140 Å². The summed E-state index contributed by atoms with van der Waals surface area (Å²) in [6.45, 7) is 19.7. The molecule has 0 radical (unpaired) electrons. The van der Waals surface area contributed by atoms with E-state index in [0.717, 1.165) is 23.3 Å². The number of para-hydroxylation sites is 1. The number of hydrogen-bond donors (Lipinski definition) is 0. The van der Waals surface area contributed by atoms with Crippen LogP contribution in [0.2, 0.25) is 0 Å². The first-order chi connectivity index (χ1) is 27.7. The number of rotatable bonds is 4. The minimum Gasteiger partial charge on any atom is -0.457 e. The van der Waals surface area contributed by atoms with Gasteiger partial charge in [-0.15, -0.1) is 0 Å². The Balaban J connectivity index is 1.05. The molecule has 298 valence electrons. The lowest BCUT2D eigenvalue weighted by atomic mass is 9.42. The molecule has 12 rings (SSSR count). The minimum absolute atomic E-state index is 0.0552. The van der Waals surface area contributed by atoms with Crippen molar-refractivity contribution in [2.24, 2.45) is 23.7 Å². The molecule has 4 fully saturated rings. The summed E-state index contributed by atoms with van der Waals surface area (Å²) < 4.78 is 6.92. The summed E-state index contributed by atoms with van der Waals surface area (Å²) in [5, 5.41) is 0. The summed E-state index contributed by atoms with van der Waals surface area (Å²) in [5.41, 5.74) is 15.7. The van der Waals surface area contributed by atoms with Gasteiger partial charge in [0.25, 0.3) is 0 Å². The zero-order chi connectivity index (χ0) is 40.0. The summed E-state index contributed by atoms with van der Waals surface area (Å²) in [6, 6.07) is 40.1. The highest BCUT2D eigenvalue weighted by Gasteiger charge is 2.61. The molecule has 0 amide bonds. The van der Waals surface area contributed by atoms with E-state index < -0.39 is 0 Å². The Morgan fingerprint density at radius 3 is 1.50 bits per heavy atom. The third-order valence-electron chi connectivity index (χ3n) is 17.0. The van der Waals surface area contributed by atoms with E-state index in [4.69, 9.17) is 4.74 Å². The van der Waals surface area contributed by atoms with Crippen LogP contribution in [-0.2, 0) is 27.1 Å². The van der Waals surface area contributed by atoms with Gasteiger partial charge in [0.2, 0.25) is 0 Å². The smallest absolute Gasteiger partial charge is 0.132 e. The molecule has 6 aliphatic carbocycles. The Hall–Kier alpha value is -4.30. The van der Waals surface area contributed by atoms with Crippen molar-refractivity contribution in [2.75, 3.05) is 4.90 Å². The zero-order valence-corrected chi connectivity index (χ0v) is 36.3. The average molecular weight is 766 g/mol. The largest absolute Gasteiger partial charge is 0.457 e. The molecular weight excluding hydrogens is 703 g/mol. The molecule has 5 aromatic rings. The van der Waals surface area contributed by atoms with Crippen LogP contribution in [0.3, 0.4) is 0 Å². The van der Waals surface area contributed by atoms with E-state index in [1.807, 2.05) is 0 Å². The fourth-order valence-electron chi connectivity index (χ4n) is 14.1. The standard InChI is InChI=1S/C56H63NO/c1-52(2)25-27-54(5,6)50-44(52)14-11-16-46(50)57(47-17-12-15-45-51(47)55(7,8)28-26-53(45,3)4)41-22-19-37(20-23-41)38-21-24-43-49(34-38)58-48-18-10-9-13-42(48)56(43)39-30-35-29-36(32-39)33-40(56)31-35/h9-24,34-36,39-40H,25-33H2,1-8H3. The van der Waals surface area contributed by atoms with Gasteiger partial charge >= 0.3 is 0 Å². The minimum atomic E-state index is 0.0552. The lowest BCUT2D eigenvalue weighted by Crippen LogP contribution is -2.56. The Morgan fingerprint density at radius 2 is 0.931 bits per heavy atom. The number of benzene rings is 5. The molecule has 0 unspecified atom stereocenters. The summed E-state index contributed by atoms with van der Waals surface area (Å²) in [4.78, 5) is 2.65. The highest BCUT2D eigenvalue weighted by atomic mass is 16.5. The molecule has 0 N–H and O–H groups in total. The summed E-state index contributed by atoms with van der Waals surface area (Å²) in [6.07, 6.45) is 11.7. The molecule has 0 saturated heterocycles. The number of nitrogens with zero attached hydrogens (tertiary/aromatic N) is 1. The van der Waals surface area contributed by atoms with E-state index in [1.165, 1.54) is 119 Å². The van der Waals surface area contributed by atoms with Crippen molar-refractivity contribution in [3.8, 4) is 22.6 Å². The molecule has 1 spiro atoms. The third-order valence-corrected chi connectivity index (χ3v) is 17.0. The van der Waals surface area contributed by atoms with E-state index >= 15 is 0 Å². The van der Waals surface area contributed by atoms with Gasteiger partial charge < -0.3 is 9.64 Å². The van der Waals surface area contributed by atoms with Gasteiger partial charge in [-0.25, -0.2) is 0 Å². The maximum atomic E-state index is 6.92. The van der Waals surface area contributed by atoms with Gasteiger partial charge in [0.05, 0.1) is 11.4 Å². The fraction of sp³-hybridized carbons (Fsp3) is 0.464. The second kappa shape index (κ2) is 12.4. The Morgan fingerprint density at radius 1 is 0.448 bits per heavy atom. The van der Waals surface area contributed by atoms with E-state index in [-0.39, 0.29) is 27.1 Å². The van der Waals surface area contributed by atoms with Crippen molar-refractivity contribution < 1.29 is 4.74 Å². The number of fused-ring (bicyclic) bond motifs is 4. The van der Waals surface area contributed by atoms with Crippen LogP contribution in [0.1, 0.15) is 147 Å². The van der Waals surface area contributed by atoms with E-state index in [2.05, 4.69) is 163 Å². The molecule has 2 nitrogen and oxygen atoms in total. The molecular formula is C56H63NO. The third kappa shape index (κ3) is 5.21. The molecule has 58 heavy (non-hydrogen) atoms. The first-order valence-electron chi connectivity index (χ1n) is 22.8. The molecule has 0 atom stereocenters. The first kappa shape index (κ1) is 36.8. The van der Waals surface area contributed by atoms with Gasteiger partial charge in [-0.3, -0.25) is 0 Å². The van der Waals surface area contributed by atoms with Gasteiger partial charge in [-0.1, -0.05) is 122 Å². The SMILES string of the molecule is CC1(C)CCC(C)(C)c2c(N(c3ccc(-c4ccc5c(c4)Oc4ccccc4C54C5CC6CC(C5)CC4C6)cc3)c3cccc4c3C(C)(C)CCC4(C)C)cccc21. The Labute approximate surface area is 348 Å². The Kier molecular flexibility index (Phi) is 7.84. The van der Waals surface area contributed by atoms with E-state index in [9.17, 15) is 0 Å². The van der Waals surface area contributed by atoms with Crippen molar-refractivity contribution >= 4 is 17.1 Å². The fourth-order valence-corrected chi connectivity index (χ4v) is 14.1. The van der Waals surface area contributed by atoms with Crippen molar-refractivity contribution in [3.63, 3.8) is 0 Å². The van der Waals surface area contributed by atoms with Crippen LogP contribution in [-0.4, -0.2) is 0 Å². The molecule has 7 aliphatic rings. The maximum absolute atomic E-state index is 6.92. The predicted octanol–water partition coefficient (Wildman–Crippen LogP) is 15.4. The monoisotopic (exact) mass is 765 g/mol. The highest BCUT2D eigenvalue weighted by molar-refractivity contribution is 5.85. The molecule has 4 bridgehead atoms. The molecule has 0 aromatic heterocycles. The number of ether oxygens (including phenoxy) is 1. The van der Waals surface area contributed by atoms with Crippen LogP contribution in [0.25, 0.3) is 11.1 Å². The van der Waals surface area contributed by atoms with Crippen molar-refractivity contribution in [1.82, 2.24) is 0 Å². The van der Waals surface area contributed by atoms with Crippen LogP contribution in [0.5, 0.6) is 11.5 Å². The highest BCUT2D eigenvalue weighted by Crippen LogP contribution is 2.69. The predicted molar refractivity (Wildman–Crippen MR) is 241 cm³/mol. The lowest BCUT2D eigenvalue weighted by molar-refractivity contribution is -0.0452. The molecule has 5 aromatic carbocycles. The quantitative estimate of drug-likeness (QED) is 0.181. The molecule has 2 heteroatoms. The topological polar surface area (TPSA) is 12.5 Å². The molecule has 1 heterocycles. The summed E-state index contributed by atoms with van der Waals surface area (Å²) >= 11 is 0. The summed E-state index contributed by atoms with van der Waals surface area (Å²) in [5.74, 6) is 5.42. The lowest BCUT2D eigenvalue weighted by Gasteiger charge is -2.63. The second-order valence-corrected chi connectivity index (χ2v) is 22.3. The van der Waals surface area contributed by atoms with Crippen LogP contribution in [0.15, 0.2) is 103 Å². The van der Waals surface area contributed by atoms with Gasteiger partial charge in [0, 0.05) is 22.2 Å². The van der Waals surface area contributed by atoms with Gasteiger partial charge in [-0.05, 0) is 173 Å². The van der Waals surface area contributed by atoms with Crippen LogP contribution in [0, 0.1) is 23.7 Å². The first-order valence-corrected chi connectivity index (χ1v) is 22.8. The van der Waals surface area contributed by atoms with E-state index in [0.29, 0.717) is 11.8 Å². The molecule has 1 aliphatic heterocycles. The van der Waals surface area contributed by atoms with Crippen molar-refractivity contribution in [3.05, 3.63) is 137 Å². The average Bonchev–Trinajstić information content (AvgIpc) is 3.20. The Bertz CT molecular complexity index is 2350. The van der Waals surface area contributed by atoms with Crippen molar-refractivity contribution in [1.29, 1.82) is 0 Å². The van der Waals surface area contributed by atoms with E-state index in [1.54, 1.807) is 0 Å².